The van der Waals surface area contributed by atoms with E-state index < -0.39 is 0 Å². The van der Waals surface area contributed by atoms with Gasteiger partial charge in [0.1, 0.15) is 5.69 Å². The molecule has 3 aromatic heterocycles. The number of thiophene rings is 1. The van der Waals surface area contributed by atoms with Crippen LogP contribution in [0.15, 0.2) is 170 Å². The van der Waals surface area contributed by atoms with Gasteiger partial charge in [-0.1, -0.05) is 115 Å². The van der Waals surface area contributed by atoms with E-state index in [0.29, 0.717) is 23.2 Å². The van der Waals surface area contributed by atoms with Crippen molar-refractivity contribution in [2.45, 2.75) is 0 Å². The van der Waals surface area contributed by atoms with Gasteiger partial charge in [-0.25, -0.2) is 15.0 Å². The summed E-state index contributed by atoms with van der Waals surface area (Å²) in [5.41, 5.74) is 9.29. The average molecular weight is 645 g/mol. The van der Waals surface area contributed by atoms with E-state index in [0.717, 1.165) is 38.9 Å². The van der Waals surface area contributed by atoms with Crippen molar-refractivity contribution in [3.05, 3.63) is 170 Å². The second kappa shape index (κ2) is 12.4. The van der Waals surface area contributed by atoms with Crippen molar-refractivity contribution in [3.63, 3.8) is 0 Å². The smallest absolute Gasteiger partial charge is 0.182 e. The number of aromatic nitrogens is 4. The highest BCUT2D eigenvalue weighted by Gasteiger charge is 2.16. The first-order valence-corrected chi connectivity index (χ1v) is 17.0. The highest BCUT2D eigenvalue weighted by Crippen LogP contribution is 2.37. The molecule has 0 bridgehead atoms. The molecule has 230 valence electrons. The molecule has 0 spiro atoms. The second-order valence-electron chi connectivity index (χ2n) is 11.9. The topological polar surface area (TPSA) is 51.6 Å². The molecular weight excluding hydrogens is 617 g/mol. The van der Waals surface area contributed by atoms with E-state index in [4.69, 9.17) is 15.0 Å². The zero-order valence-corrected chi connectivity index (χ0v) is 27.2. The Morgan fingerprint density at radius 2 is 0.857 bits per heavy atom. The zero-order valence-electron chi connectivity index (χ0n) is 26.4. The molecule has 0 saturated heterocycles. The van der Waals surface area contributed by atoms with Crippen LogP contribution in [0.4, 0.5) is 0 Å². The van der Waals surface area contributed by atoms with E-state index in [1.54, 1.807) is 6.20 Å². The van der Waals surface area contributed by atoms with Crippen LogP contribution in [-0.4, -0.2) is 19.9 Å². The van der Waals surface area contributed by atoms with Gasteiger partial charge in [-0.3, -0.25) is 4.98 Å². The fourth-order valence-corrected chi connectivity index (χ4v) is 7.40. The molecule has 0 N–H and O–H groups in total. The molecule has 3 heterocycles. The van der Waals surface area contributed by atoms with Crippen LogP contribution in [0.25, 0.3) is 87.8 Å². The Balaban J connectivity index is 1.16. The molecule has 49 heavy (non-hydrogen) atoms. The first-order valence-electron chi connectivity index (χ1n) is 16.2. The number of benzene rings is 6. The number of pyridine rings is 1. The van der Waals surface area contributed by atoms with Crippen LogP contribution in [0.3, 0.4) is 0 Å². The lowest BCUT2D eigenvalue weighted by Gasteiger charge is -2.12. The second-order valence-corrected chi connectivity index (χ2v) is 13.0. The van der Waals surface area contributed by atoms with Crippen LogP contribution >= 0.6 is 11.3 Å². The van der Waals surface area contributed by atoms with Gasteiger partial charge in [0.25, 0.3) is 0 Å². The highest BCUT2D eigenvalue weighted by molar-refractivity contribution is 7.25. The molecule has 5 heteroatoms. The van der Waals surface area contributed by atoms with Gasteiger partial charge in [0.05, 0.1) is 0 Å². The summed E-state index contributed by atoms with van der Waals surface area (Å²) in [6, 6.07) is 57.0. The number of hydrogen-bond acceptors (Lipinski definition) is 5. The monoisotopic (exact) mass is 644 g/mol. The van der Waals surface area contributed by atoms with Gasteiger partial charge in [0.15, 0.2) is 17.5 Å². The van der Waals surface area contributed by atoms with Crippen molar-refractivity contribution in [1.29, 1.82) is 0 Å². The van der Waals surface area contributed by atoms with E-state index in [-0.39, 0.29) is 0 Å². The third-order valence-electron chi connectivity index (χ3n) is 8.79. The predicted octanol–water partition coefficient (Wildman–Crippen LogP) is 11.6. The first kappa shape index (κ1) is 28.9. The largest absolute Gasteiger partial charge is 0.253 e. The summed E-state index contributed by atoms with van der Waals surface area (Å²) in [6.45, 7) is 0. The van der Waals surface area contributed by atoms with Crippen molar-refractivity contribution in [2.24, 2.45) is 0 Å². The first-order chi connectivity index (χ1) is 24.2. The summed E-state index contributed by atoms with van der Waals surface area (Å²) < 4.78 is 2.61. The maximum absolute atomic E-state index is 5.09. The number of nitrogens with zero attached hydrogens (tertiary/aromatic N) is 4. The molecule has 0 amide bonds. The minimum atomic E-state index is 0.533. The van der Waals surface area contributed by atoms with E-state index >= 15 is 0 Å². The summed E-state index contributed by atoms with van der Waals surface area (Å²) in [6.07, 6.45) is 1.77. The molecule has 0 atom stereocenters. The Bertz CT molecular complexity index is 2520. The van der Waals surface area contributed by atoms with E-state index in [1.807, 2.05) is 41.7 Å². The highest BCUT2D eigenvalue weighted by atomic mass is 32.1. The fraction of sp³-hybridized carbons (Fsp3) is 0. The third-order valence-corrected chi connectivity index (χ3v) is 9.94. The lowest BCUT2D eigenvalue weighted by atomic mass is 9.96. The molecule has 0 aliphatic rings. The normalized spacial score (nSPS) is 11.3. The minimum Gasteiger partial charge on any atom is -0.253 e. The summed E-state index contributed by atoms with van der Waals surface area (Å²) in [5.74, 6) is 1.73. The Morgan fingerprint density at radius 1 is 0.327 bits per heavy atom. The summed E-state index contributed by atoms with van der Waals surface area (Å²) in [5, 5.41) is 2.59. The quantitative estimate of drug-likeness (QED) is 0.181. The Labute approximate surface area is 288 Å². The maximum atomic E-state index is 5.09. The van der Waals surface area contributed by atoms with E-state index in [9.17, 15) is 0 Å². The molecule has 0 fully saturated rings. The van der Waals surface area contributed by atoms with Crippen LogP contribution in [0.2, 0.25) is 0 Å². The molecule has 9 rings (SSSR count). The molecule has 6 aromatic carbocycles. The van der Waals surface area contributed by atoms with Crippen molar-refractivity contribution < 1.29 is 0 Å². The molecular formula is C44H28N4S. The lowest BCUT2D eigenvalue weighted by Crippen LogP contribution is -2.01. The molecule has 0 saturated carbocycles. The summed E-state index contributed by atoms with van der Waals surface area (Å²) in [4.78, 5) is 19.6. The van der Waals surface area contributed by atoms with Crippen LogP contribution in [0.5, 0.6) is 0 Å². The predicted molar refractivity (Wildman–Crippen MR) is 203 cm³/mol. The SMILES string of the molecule is c1ccc(-c2cc(-c3ccccc3)cc(-c3nc(-c4ccc(-c5ccc6sc7ccccc7c6c5)cc4)nc(-c4ccccn4)n3)c2)cc1. The maximum Gasteiger partial charge on any atom is 0.182 e. The van der Waals surface area contributed by atoms with Crippen molar-refractivity contribution >= 4 is 31.5 Å². The van der Waals surface area contributed by atoms with Crippen LogP contribution < -0.4 is 0 Å². The number of rotatable bonds is 6. The molecule has 0 unspecified atom stereocenters. The molecule has 0 aliphatic heterocycles. The Morgan fingerprint density at radius 3 is 1.55 bits per heavy atom. The number of hydrogen-bond donors (Lipinski definition) is 0. The summed E-state index contributed by atoms with van der Waals surface area (Å²) in [7, 11) is 0. The van der Waals surface area contributed by atoms with Crippen molar-refractivity contribution in [1.82, 2.24) is 19.9 Å². The average Bonchev–Trinajstić information content (AvgIpc) is 3.57. The summed E-state index contributed by atoms with van der Waals surface area (Å²) >= 11 is 1.84. The number of fused-ring (bicyclic) bond motifs is 3. The lowest BCUT2D eigenvalue weighted by molar-refractivity contribution is 1.06. The van der Waals surface area contributed by atoms with Gasteiger partial charge in [0, 0.05) is 37.5 Å². The van der Waals surface area contributed by atoms with Gasteiger partial charge >= 0.3 is 0 Å². The van der Waals surface area contributed by atoms with Crippen LogP contribution in [0.1, 0.15) is 0 Å². The van der Waals surface area contributed by atoms with Gasteiger partial charge in [-0.15, -0.1) is 11.3 Å². The Hall–Kier alpha value is -6.30. The Kier molecular flexibility index (Phi) is 7.30. The van der Waals surface area contributed by atoms with Crippen LogP contribution in [0, 0.1) is 0 Å². The van der Waals surface area contributed by atoms with E-state index in [2.05, 4.69) is 138 Å². The van der Waals surface area contributed by atoms with Gasteiger partial charge < -0.3 is 0 Å². The fourth-order valence-electron chi connectivity index (χ4n) is 6.31. The third kappa shape index (κ3) is 5.67. The van der Waals surface area contributed by atoms with Crippen molar-refractivity contribution in [3.8, 4) is 67.7 Å². The van der Waals surface area contributed by atoms with Gasteiger partial charge in [-0.2, -0.15) is 0 Å². The molecule has 9 aromatic rings. The van der Waals surface area contributed by atoms with Gasteiger partial charge in [-0.05, 0) is 81.9 Å². The zero-order chi connectivity index (χ0) is 32.6. The minimum absolute atomic E-state index is 0.533. The molecule has 4 nitrogen and oxygen atoms in total. The molecule has 0 aliphatic carbocycles. The van der Waals surface area contributed by atoms with E-state index in [1.165, 1.54) is 25.7 Å². The van der Waals surface area contributed by atoms with Crippen LogP contribution in [-0.2, 0) is 0 Å². The standard InChI is InChI=1S/C44H28N4S/c1-3-11-29(12-4-1)34-25-35(30-13-5-2-6-14-30)27-36(26-34)43-46-42(47-44(48-43)39-16-9-10-24-45-39)32-20-18-31(19-21-32)33-22-23-41-38(28-33)37-15-7-8-17-40(37)49-41/h1-28H. The van der Waals surface area contributed by atoms with Gasteiger partial charge in [0.2, 0.25) is 0 Å². The molecule has 0 radical (unpaired) electrons. The van der Waals surface area contributed by atoms with Crippen molar-refractivity contribution in [2.75, 3.05) is 0 Å².